The highest BCUT2D eigenvalue weighted by Crippen LogP contribution is 2.28. The van der Waals surface area contributed by atoms with Crippen molar-refractivity contribution >= 4 is 11.5 Å². The van der Waals surface area contributed by atoms with Crippen LogP contribution < -0.4 is 15.8 Å². The van der Waals surface area contributed by atoms with Gasteiger partial charge in [0.25, 0.3) is 0 Å². The molecule has 5 nitrogen and oxygen atoms in total. The molecule has 0 atom stereocenters. The van der Waals surface area contributed by atoms with Crippen LogP contribution in [0.25, 0.3) is 0 Å². The van der Waals surface area contributed by atoms with Gasteiger partial charge < -0.3 is 4.90 Å². The van der Waals surface area contributed by atoms with Crippen LogP contribution in [0.15, 0.2) is 12.5 Å². The van der Waals surface area contributed by atoms with E-state index >= 15 is 0 Å². The highest BCUT2D eigenvalue weighted by molar-refractivity contribution is 5.69. The molecular weight excluding hydrogens is 142 g/mol. The van der Waals surface area contributed by atoms with Gasteiger partial charge in [-0.1, -0.05) is 0 Å². The van der Waals surface area contributed by atoms with Crippen LogP contribution in [0.5, 0.6) is 0 Å². The zero-order valence-electron chi connectivity index (χ0n) is 6.23. The first-order chi connectivity index (χ1) is 5.29. The van der Waals surface area contributed by atoms with Crippen molar-refractivity contribution < 1.29 is 0 Å². The van der Waals surface area contributed by atoms with E-state index < -0.39 is 0 Å². The van der Waals surface area contributed by atoms with Gasteiger partial charge in [0.15, 0.2) is 5.82 Å². The van der Waals surface area contributed by atoms with Crippen molar-refractivity contribution in [3.05, 3.63) is 12.5 Å². The maximum Gasteiger partial charge on any atom is 0.158 e. The third-order valence-electron chi connectivity index (χ3n) is 1.71. The average molecular weight is 151 g/mol. The van der Waals surface area contributed by atoms with Crippen LogP contribution in [0, 0.1) is 0 Å². The Balaban J connectivity index is 2.52. The van der Waals surface area contributed by atoms with Gasteiger partial charge in [-0.15, -0.1) is 0 Å². The summed E-state index contributed by atoms with van der Waals surface area (Å²) >= 11 is 0. The minimum absolute atomic E-state index is 0.675. The van der Waals surface area contributed by atoms with E-state index in [1.54, 1.807) is 11.2 Å². The summed E-state index contributed by atoms with van der Waals surface area (Å²) in [5, 5.41) is 1.62. The van der Waals surface area contributed by atoms with E-state index in [0.717, 1.165) is 11.5 Å². The zero-order valence-corrected chi connectivity index (χ0v) is 6.23. The largest absolute Gasteiger partial charge is 0.339 e. The summed E-state index contributed by atoms with van der Waals surface area (Å²) in [7, 11) is 1.94. The number of hydrazine groups is 1. The molecule has 0 fully saturated rings. The lowest BCUT2D eigenvalue weighted by atomic mass is 10.5. The summed E-state index contributed by atoms with van der Waals surface area (Å²) in [5.41, 5.74) is 0.884. The summed E-state index contributed by atoms with van der Waals surface area (Å²) < 4.78 is 0. The monoisotopic (exact) mass is 151 g/mol. The molecule has 58 valence electrons. The molecule has 2 heterocycles. The topological polar surface area (TPSA) is 58.3 Å². The fraction of sp³-hybridized carbons (Fsp3) is 0.333. The van der Waals surface area contributed by atoms with Gasteiger partial charge in [-0.25, -0.2) is 15.8 Å². The maximum atomic E-state index is 5.65. The van der Waals surface area contributed by atoms with Crippen LogP contribution in [-0.2, 0) is 0 Å². The summed E-state index contributed by atoms with van der Waals surface area (Å²) in [6, 6.07) is 0. The van der Waals surface area contributed by atoms with Crippen molar-refractivity contribution in [3.8, 4) is 0 Å². The first-order valence-electron chi connectivity index (χ1n) is 3.32. The Hall–Kier alpha value is -1.36. The number of anilines is 2. The summed E-state index contributed by atoms with van der Waals surface area (Å²) in [5.74, 6) is 6.54. The molecule has 1 aromatic rings. The van der Waals surface area contributed by atoms with Gasteiger partial charge >= 0.3 is 0 Å². The van der Waals surface area contributed by atoms with Crippen LogP contribution in [-0.4, -0.2) is 23.7 Å². The van der Waals surface area contributed by atoms with Crippen LogP contribution in [0.3, 0.4) is 0 Å². The molecule has 5 heteroatoms. The van der Waals surface area contributed by atoms with Crippen molar-refractivity contribution in [1.29, 1.82) is 0 Å². The Morgan fingerprint density at radius 3 is 3.18 bits per heavy atom. The van der Waals surface area contributed by atoms with Gasteiger partial charge in [0.2, 0.25) is 0 Å². The predicted octanol–water partition coefficient (Wildman–Crippen LogP) is -0.436. The summed E-state index contributed by atoms with van der Waals surface area (Å²) in [6.45, 7) is 0.675. The molecule has 0 saturated carbocycles. The number of hydrogen-bond acceptors (Lipinski definition) is 5. The Labute approximate surface area is 64.4 Å². The normalized spacial score (nSPS) is 15.5. The van der Waals surface area contributed by atoms with Gasteiger partial charge in [-0.3, -0.25) is 5.01 Å². The molecule has 0 spiro atoms. The number of nitrogens with two attached hydrogens (primary N) is 1. The number of hydrogen-bond donors (Lipinski definition) is 1. The van der Waals surface area contributed by atoms with Crippen molar-refractivity contribution in [2.75, 3.05) is 23.6 Å². The summed E-state index contributed by atoms with van der Waals surface area (Å²) in [4.78, 5) is 9.93. The smallest absolute Gasteiger partial charge is 0.158 e. The number of rotatable bonds is 0. The predicted molar refractivity (Wildman–Crippen MR) is 42.0 cm³/mol. The molecule has 2 rings (SSSR count). The van der Waals surface area contributed by atoms with E-state index in [-0.39, 0.29) is 0 Å². The van der Waals surface area contributed by atoms with Gasteiger partial charge in [-0.2, -0.15) is 0 Å². The molecule has 0 unspecified atom stereocenters. The fourth-order valence-corrected chi connectivity index (χ4v) is 1.18. The Kier molecular flexibility index (Phi) is 1.19. The van der Waals surface area contributed by atoms with Crippen molar-refractivity contribution in [2.24, 2.45) is 5.84 Å². The Bertz CT molecular complexity index is 246. The highest BCUT2D eigenvalue weighted by atomic mass is 15.5. The van der Waals surface area contributed by atoms with E-state index in [4.69, 9.17) is 5.84 Å². The average Bonchev–Trinajstić information content (AvgIpc) is 2.30. The lowest BCUT2D eigenvalue weighted by Gasteiger charge is -2.10. The molecule has 0 saturated heterocycles. The van der Waals surface area contributed by atoms with E-state index in [1.807, 2.05) is 11.9 Å². The zero-order chi connectivity index (χ0) is 7.84. The van der Waals surface area contributed by atoms with Crippen molar-refractivity contribution in [2.45, 2.75) is 0 Å². The van der Waals surface area contributed by atoms with E-state index in [0.29, 0.717) is 6.67 Å². The number of nitrogens with zero attached hydrogens (tertiary/aromatic N) is 4. The number of aromatic nitrogens is 2. The first kappa shape index (κ1) is 6.36. The molecule has 0 bridgehead atoms. The quantitative estimate of drug-likeness (QED) is 0.509. The molecule has 0 aliphatic carbocycles. The Morgan fingerprint density at radius 1 is 1.64 bits per heavy atom. The molecule has 1 aliphatic rings. The molecule has 2 N–H and O–H groups in total. The molecular formula is C6H9N5. The van der Waals surface area contributed by atoms with Crippen LogP contribution >= 0.6 is 0 Å². The van der Waals surface area contributed by atoms with Crippen molar-refractivity contribution in [1.82, 2.24) is 9.97 Å². The molecule has 0 radical (unpaired) electrons. The van der Waals surface area contributed by atoms with E-state index in [1.165, 1.54) is 6.33 Å². The van der Waals surface area contributed by atoms with Crippen LogP contribution in [0.4, 0.5) is 11.5 Å². The van der Waals surface area contributed by atoms with Gasteiger partial charge in [0.05, 0.1) is 6.20 Å². The van der Waals surface area contributed by atoms with Gasteiger partial charge in [0.1, 0.15) is 18.7 Å². The second-order valence-corrected chi connectivity index (χ2v) is 2.54. The highest BCUT2D eigenvalue weighted by Gasteiger charge is 2.21. The minimum Gasteiger partial charge on any atom is -0.339 e. The fourth-order valence-electron chi connectivity index (χ4n) is 1.18. The number of fused-ring (bicyclic) bond motifs is 1. The first-order valence-corrected chi connectivity index (χ1v) is 3.32. The van der Waals surface area contributed by atoms with Gasteiger partial charge in [0, 0.05) is 7.05 Å². The minimum atomic E-state index is 0.675. The standard InChI is InChI=1S/C6H9N5/c1-10-4-11(7)5-2-8-3-9-6(5)10/h2-3H,4,7H2,1H3. The lowest BCUT2D eigenvalue weighted by molar-refractivity contribution is 0.859. The maximum absolute atomic E-state index is 5.65. The third kappa shape index (κ3) is 0.813. The molecule has 0 amide bonds. The molecule has 1 aromatic heterocycles. The van der Waals surface area contributed by atoms with E-state index in [2.05, 4.69) is 9.97 Å². The van der Waals surface area contributed by atoms with Crippen LogP contribution in [0.2, 0.25) is 0 Å². The molecule has 1 aliphatic heterocycles. The van der Waals surface area contributed by atoms with E-state index in [9.17, 15) is 0 Å². The lowest BCUT2D eigenvalue weighted by Crippen LogP contribution is -2.33. The second kappa shape index (κ2) is 2.06. The summed E-state index contributed by atoms with van der Waals surface area (Å²) in [6.07, 6.45) is 3.24. The van der Waals surface area contributed by atoms with Gasteiger partial charge in [-0.05, 0) is 0 Å². The Morgan fingerprint density at radius 2 is 2.45 bits per heavy atom. The second-order valence-electron chi connectivity index (χ2n) is 2.54. The SMILES string of the molecule is CN1CN(N)c2cncnc21. The molecule has 11 heavy (non-hydrogen) atoms. The van der Waals surface area contributed by atoms with Crippen molar-refractivity contribution in [3.63, 3.8) is 0 Å². The molecule has 0 aromatic carbocycles. The third-order valence-corrected chi connectivity index (χ3v) is 1.71. The van der Waals surface area contributed by atoms with Crippen LogP contribution in [0.1, 0.15) is 0 Å².